The van der Waals surface area contributed by atoms with Crippen LogP contribution in [0.1, 0.15) is 11.3 Å². The highest BCUT2D eigenvalue weighted by Crippen LogP contribution is 2.39. The zero-order chi connectivity index (χ0) is 17.6. The van der Waals surface area contributed by atoms with Gasteiger partial charge in [0.05, 0.1) is 11.4 Å². The summed E-state index contributed by atoms with van der Waals surface area (Å²) in [5, 5.41) is 0.492. The number of aromatic nitrogens is 2. The summed E-state index contributed by atoms with van der Waals surface area (Å²) in [5.74, 6) is 0. The minimum absolute atomic E-state index is 0.129. The van der Waals surface area contributed by atoms with E-state index in [1.807, 2.05) is 30.3 Å². The lowest BCUT2D eigenvalue weighted by atomic mass is 9.86. The van der Waals surface area contributed by atoms with Crippen molar-refractivity contribution in [3.63, 3.8) is 0 Å². The van der Waals surface area contributed by atoms with Crippen molar-refractivity contribution in [1.82, 2.24) is 9.97 Å². The number of fused-ring (bicyclic) bond motifs is 3. The highest BCUT2D eigenvalue weighted by molar-refractivity contribution is 7.90. The Labute approximate surface area is 151 Å². The van der Waals surface area contributed by atoms with Crippen LogP contribution in [0.25, 0.3) is 22.4 Å². The number of aryl methyl sites for hydroxylation is 2. The first kappa shape index (κ1) is 16.2. The molecule has 1 aliphatic rings. The van der Waals surface area contributed by atoms with Crippen LogP contribution in [0.5, 0.6) is 0 Å². The summed E-state index contributed by atoms with van der Waals surface area (Å²) < 4.78 is 24.1. The molecule has 3 aromatic rings. The Kier molecular flexibility index (Phi) is 3.85. The Morgan fingerprint density at radius 2 is 1.68 bits per heavy atom. The van der Waals surface area contributed by atoms with Crippen molar-refractivity contribution in [3.05, 3.63) is 64.8 Å². The summed E-state index contributed by atoms with van der Waals surface area (Å²) in [6.07, 6.45) is 2.67. The number of nitrogens with zero attached hydrogens (tertiary/aromatic N) is 2. The Morgan fingerprint density at radius 3 is 2.40 bits per heavy atom. The van der Waals surface area contributed by atoms with Crippen molar-refractivity contribution in [2.75, 3.05) is 6.26 Å². The Morgan fingerprint density at radius 1 is 0.960 bits per heavy atom. The fraction of sp³-hybridized carbons (Fsp3) is 0.158. The average molecular weight is 371 g/mol. The zero-order valence-electron chi connectivity index (χ0n) is 13.5. The predicted octanol–water partition coefficient (Wildman–Crippen LogP) is 3.97. The van der Waals surface area contributed by atoms with Gasteiger partial charge in [-0.3, -0.25) is 0 Å². The molecule has 126 valence electrons. The van der Waals surface area contributed by atoms with E-state index < -0.39 is 9.84 Å². The predicted molar refractivity (Wildman–Crippen MR) is 98.4 cm³/mol. The van der Waals surface area contributed by atoms with Crippen molar-refractivity contribution >= 4 is 21.4 Å². The van der Waals surface area contributed by atoms with E-state index in [4.69, 9.17) is 11.6 Å². The first-order valence-electron chi connectivity index (χ1n) is 7.88. The van der Waals surface area contributed by atoms with Gasteiger partial charge >= 0.3 is 0 Å². The van der Waals surface area contributed by atoms with E-state index in [1.54, 1.807) is 12.1 Å². The van der Waals surface area contributed by atoms with E-state index in [0.717, 1.165) is 35.1 Å². The molecule has 1 heterocycles. The number of rotatable bonds is 2. The van der Waals surface area contributed by atoms with Gasteiger partial charge in [0.25, 0.3) is 0 Å². The van der Waals surface area contributed by atoms with Crippen LogP contribution in [0.4, 0.5) is 0 Å². The molecule has 0 amide bonds. The Balaban J connectivity index is 2.06. The van der Waals surface area contributed by atoms with Gasteiger partial charge in [-0.15, -0.1) is 0 Å². The maximum Gasteiger partial charge on any atom is 0.247 e. The number of hydrogen-bond donors (Lipinski definition) is 0. The summed E-state index contributed by atoms with van der Waals surface area (Å²) in [7, 11) is -3.50. The highest BCUT2D eigenvalue weighted by Gasteiger charge is 2.25. The van der Waals surface area contributed by atoms with Crippen molar-refractivity contribution in [2.45, 2.75) is 18.0 Å². The molecule has 25 heavy (non-hydrogen) atoms. The molecule has 0 unspecified atom stereocenters. The van der Waals surface area contributed by atoms with Gasteiger partial charge in [0.15, 0.2) is 0 Å². The molecule has 0 aliphatic heterocycles. The van der Waals surface area contributed by atoms with Crippen molar-refractivity contribution in [3.8, 4) is 22.4 Å². The maximum absolute atomic E-state index is 12.1. The molecule has 4 nitrogen and oxygen atoms in total. The topological polar surface area (TPSA) is 59.9 Å². The molecule has 1 aliphatic carbocycles. The molecule has 0 radical (unpaired) electrons. The lowest BCUT2D eigenvalue weighted by Crippen LogP contribution is -2.14. The third-order valence-electron chi connectivity index (χ3n) is 4.33. The van der Waals surface area contributed by atoms with E-state index >= 15 is 0 Å². The molecule has 0 bridgehead atoms. The summed E-state index contributed by atoms with van der Waals surface area (Å²) in [4.78, 5) is 8.78. The van der Waals surface area contributed by atoms with Gasteiger partial charge < -0.3 is 0 Å². The molecular formula is C19H15ClN2O2S. The molecule has 0 saturated heterocycles. The summed E-state index contributed by atoms with van der Waals surface area (Å²) >= 11 is 6.00. The van der Waals surface area contributed by atoms with Crippen LogP contribution >= 0.6 is 11.6 Å². The zero-order valence-corrected chi connectivity index (χ0v) is 15.1. The fourth-order valence-electron chi connectivity index (χ4n) is 3.17. The lowest BCUT2D eigenvalue weighted by Gasteiger charge is -2.22. The second-order valence-corrected chi connectivity index (χ2v) is 8.46. The van der Waals surface area contributed by atoms with Crippen LogP contribution in [-0.2, 0) is 22.7 Å². The van der Waals surface area contributed by atoms with Crippen LogP contribution in [-0.4, -0.2) is 24.6 Å². The first-order valence-corrected chi connectivity index (χ1v) is 10.2. The monoisotopic (exact) mass is 370 g/mol. The van der Waals surface area contributed by atoms with Crippen molar-refractivity contribution < 1.29 is 8.42 Å². The summed E-state index contributed by atoms with van der Waals surface area (Å²) in [5.41, 5.74) is 5.43. The smallest absolute Gasteiger partial charge is 0.223 e. The third-order valence-corrected chi connectivity index (χ3v) is 5.43. The Bertz CT molecular complexity index is 1080. The molecule has 0 spiro atoms. The lowest BCUT2D eigenvalue weighted by molar-refractivity contribution is 0.591. The molecule has 2 aromatic carbocycles. The maximum atomic E-state index is 12.1. The standard InChI is InChI=1S/C19H15ClN2O2S/c1-25(23,24)19-21-16-11-8-12-4-2-3-5-15(12)17(16)18(22-19)13-6-9-14(20)10-7-13/h2-7,9-10H,8,11H2,1H3. The molecule has 0 fully saturated rings. The minimum atomic E-state index is -3.50. The van der Waals surface area contributed by atoms with Gasteiger partial charge in [-0.25, -0.2) is 18.4 Å². The number of benzene rings is 2. The molecule has 0 N–H and O–H groups in total. The van der Waals surface area contributed by atoms with Gasteiger partial charge in [-0.1, -0.05) is 48.0 Å². The van der Waals surface area contributed by atoms with Gasteiger partial charge in [0.1, 0.15) is 0 Å². The van der Waals surface area contributed by atoms with Crippen LogP contribution < -0.4 is 0 Å². The van der Waals surface area contributed by atoms with E-state index in [9.17, 15) is 8.42 Å². The van der Waals surface area contributed by atoms with Crippen LogP contribution in [0.2, 0.25) is 5.02 Å². The number of sulfone groups is 1. The molecule has 4 rings (SSSR count). The average Bonchev–Trinajstić information content (AvgIpc) is 2.60. The fourth-order valence-corrected chi connectivity index (χ4v) is 3.83. The Hall–Kier alpha value is -2.24. The number of halogens is 1. The first-order chi connectivity index (χ1) is 11.9. The number of hydrogen-bond acceptors (Lipinski definition) is 4. The SMILES string of the molecule is CS(=O)(=O)c1nc2c(c(-c3ccc(Cl)cc3)n1)-c1ccccc1CC2. The van der Waals surface area contributed by atoms with Crippen molar-refractivity contribution in [2.24, 2.45) is 0 Å². The van der Waals surface area contributed by atoms with Crippen LogP contribution in [0.15, 0.2) is 53.7 Å². The van der Waals surface area contributed by atoms with E-state index in [1.165, 1.54) is 5.56 Å². The summed E-state index contributed by atoms with van der Waals surface area (Å²) in [6.45, 7) is 0. The largest absolute Gasteiger partial charge is 0.247 e. The second-order valence-electron chi connectivity index (χ2n) is 6.11. The minimum Gasteiger partial charge on any atom is -0.223 e. The molecular weight excluding hydrogens is 356 g/mol. The van der Waals surface area contributed by atoms with Crippen LogP contribution in [0.3, 0.4) is 0 Å². The van der Waals surface area contributed by atoms with Gasteiger partial charge in [0.2, 0.25) is 15.0 Å². The summed E-state index contributed by atoms with van der Waals surface area (Å²) in [6, 6.07) is 15.4. The van der Waals surface area contributed by atoms with E-state index in [2.05, 4.69) is 16.0 Å². The quantitative estimate of drug-likeness (QED) is 0.640. The molecule has 1 aromatic heterocycles. The molecule has 0 atom stereocenters. The van der Waals surface area contributed by atoms with E-state index in [0.29, 0.717) is 17.1 Å². The molecule has 6 heteroatoms. The van der Waals surface area contributed by atoms with Gasteiger partial charge in [-0.2, -0.15) is 0 Å². The van der Waals surface area contributed by atoms with E-state index in [-0.39, 0.29) is 5.16 Å². The van der Waals surface area contributed by atoms with Crippen molar-refractivity contribution in [1.29, 1.82) is 0 Å². The highest BCUT2D eigenvalue weighted by atomic mass is 35.5. The third kappa shape index (κ3) is 2.94. The van der Waals surface area contributed by atoms with Gasteiger partial charge in [0, 0.05) is 22.4 Å². The van der Waals surface area contributed by atoms with Crippen LogP contribution in [0, 0.1) is 0 Å². The van der Waals surface area contributed by atoms with Gasteiger partial charge in [-0.05, 0) is 36.1 Å². The second kappa shape index (κ2) is 5.93. The normalized spacial score (nSPS) is 13.2. The molecule has 0 saturated carbocycles.